The minimum Gasteiger partial charge on any atom is -0.339 e. The second-order valence-electron chi connectivity index (χ2n) is 5.95. The van der Waals surface area contributed by atoms with Gasteiger partial charge in [0.1, 0.15) is 10.7 Å². The van der Waals surface area contributed by atoms with Crippen LogP contribution in [0, 0.1) is 5.82 Å². The molecular weight excluding hydrogens is 371 g/mol. The van der Waals surface area contributed by atoms with Gasteiger partial charge in [0.15, 0.2) is 5.82 Å². The molecule has 10 heteroatoms. The van der Waals surface area contributed by atoms with E-state index in [4.69, 9.17) is 10.3 Å². The van der Waals surface area contributed by atoms with E-state index in [1.54, 1.807) is 0 Å². The van der Waals surface area contributed by atoms with Crippen LogP contribution >= 0.6 is 12.4 Å². The number of benzene rings is 1. The Morgan fingerprint density at radius 3 is 2.64 bits per heavy atom. The summed E-state index contributed by atoms with van der Waals surface area (Å²) in [6, 6.07) is 5.20. The van der Waals surface area contributed by atoms with Crippen molar-refractivity contribution in [1.29, 1.82) is 0 Å². The van der Waals surface area contributed by atoms with Gasteiger partial charge in [0.05, 0.1) is 5.54 Å². The monoisotopic (exact) mass is 390 g/mol. The van der Waals surface area contributed by atoms with Crippen LogP contribution in [0.1, 0.15) is 37.4 Å². The van der Waals surface area contributed by atoms with Crippen molar-refractivity contribution < 1.29 is 17.3 Å². The van der Waals surface area contributed by atoms with E-state index in [-0.39, 0.29) is 30.3 Å². The Bertz CT molecular complexity index is 822. The standard InChI is InChI=1S/C15H19FN4O3S.ClH/c16-11-5-1-2-6-12(11)24(21,22)18-10-7-13-19-14(20-23-13)15(17)8-3-4-9-15;/h1-2,5-6,18H,3-4,7-10,17H2;1H. The average Bonchev–Trinajstić information content (AvgIpc) is 3.17. The van der Waals surface area contributed by atoms with Crippen LogP contribution < -0.4 is 10.5 Å². The zero-order valence-corrected chi connectivity index (χ0v) is 15.1. The first-order chi connectivity index (χ1) is 11.4. The van der Waals surface area contributed by atoms with Crippen LogP contribution in [0.5, 0.6) is 0 Å². The van der Waals surface area contributed by atoms with E-state index in [0.29, 0.717) is 11.7 Å². The van der Waals surface area contributed by atoms with Gasteiger partial charge in [-0.05, 0) is 25.0 Å². The summed E-state index contributed by atoms with van der Waals surface area (Å²) in [5.74, 6) is -0.0266. The molecule has 0 bridgehead atoms. The number of nitrogens with zero attached hydrogens (tertiary/aromatic N) is 2. The lowest BCUT2D eigenvalue weighted by Crippen LogP contribution is -2.34. The number of hydrogen-bond donors (Lipinski definition) is 2. The van der Waals surface area contributed by atoms with Gasteiger partial charge >= 0.3 is 0 Å². The summed E-state index contributed by atoms with van der Waals surface area (Å²) in [6.45, 7) is 0.0237. The van der Waals surface area contributed by atoms with Gasteiger partial charge in [-0.15, -0.1) is 12.4 Å². The third kappa shape index (κ3) is 4.35. The number of nitrogens with two attached hydrogens (primary N) is 1. The SMILES string of the molecule is Cl.NC1(c2noc(CCNS(=O)(=O)c3ccccc3F)n2)CCCC1. The topological polar surface area (TPSA) is 111 Å². The fourth-order valence-electron chi connectivity index (χ4n) is 2.82. The molecule has 0 aliphatic heterocycles. The van der Waals surface area contributed by atoms with Crippen LogP contribution in [0.4, 0.5) is 4.39 Å². The van der Waals surface area contributed by atoms with Gasteiger partial charge in [-0.3, -0.25) is 0 Å². The maximum absolute atomic E-state index is 13.6. The van der Waals surface area contributed by atoms with Crippen molar-refractivity contribution in [1.82, 2.24) is 14.9 Å². The summed E-state index contributed by atoms with van der Waals surface area (Å²) in [5.41, 5.74) is 5.70. The fraction of sp³-hybridized carbons (Fsp3) is 0.467. The van der Waals surface area contributed by atoms with Gasteiger partial charge in [-0.2, -0.15) is 4.98 Å². The van der Waals surface area contributed by atoms with E-state index >= 15 is 0 Å². The number of aromatic nitrogens is 2. The highest BCUT2D eigenvalue weighted by atomic mass is 35.5. The molecule has 1 fully saturated rings. The third-order valence-electron chi connectivity index (χ3n) is 4.17. The highest BCUT2D eigenvalue weighted by molar-refractivity contribution is 7.89. The fourth-order valence-corrected chi connectivity index (χ4v) is 3.93. The Labute approximate surface area is 151 Å². The van der Waals surface area contributed by atoms with E-state index in [0.717, 1.165) is 31.7 Å². The maximum Gasteiger partial charge on any atom is 0.243 e. The van der Waals surface area contributed by atoms with Crippen LogP contribution in [-0.2, 0) is 22.0 Å². The molecule has 2 aromatic rings. The molecule has 0 unspecified atom stereocenters. The van der Waals surface area contributed by atoms with Crippen LogP contribution in [0.15, 0.2) is 33.7 Å². The van der Waals surface area contributed by atoms with Crippen molar-refractivity contribution in [3.63, 3.8) is 0 Å². The van der Waals surface area contributed by atoms with Gasteiger partial charge in [-0.1, -0.05) is 30.1 Å². The minimum atomic E-state index is -3.92. The summed E-state index contributed by atoms with van der Waals surface area (Å²) < 4.78 is 45.2. The number of halogens is 2. The molecule has 7 nitrogen and oxygen atoms in total. The van der Waals surface area contributed by atoms with Crippen molar-refractivity contribution >= 4 is 22.4 Å². The minimum absolute atomic E-state index is 0. The molecule has 1 saturated carbocycles. The Kier molecular flexibility index (Phi) is 6.15. The zero-order chi connectivity index (χ0) is 17.2. The number of sulfonamides is 1. The first-order valence-electron chi connectivity index (χ1n) is 7.77. The summed E-state index contributed by atoms with van der Waals surface area (Å²) in [6.07, 6.45) is 3.89. The molecule has 138 valence electrons. The van der Waals surface area contributed by atoms with Gasteiger partial charge in [0.25, 0.3) is 0 Å². The Morgan fingerprint density at radius 1 is 1.28 bits per heavy atom. The third-order valence-corrected chi connectivity index (χ3v) is 5.66. The van der Waals surface area contributed by atoms with Crippen molar-refractivity contribution in [2.45, 2.75) is 42.5 Å². The van der Waals surface area contributed by atoms with Crippen LogP contribution in [-0.4, -0.2) is 25.1 Å². The molecule has 0 saturated heterocycles. The Morgan fingerprint density at radius 2 is 1.96 bits per heavy atom. The molecule has 1 aliphatic carbocycles. The van der Waals surface area contributed by atoms with Crippen molar-refractivity contribution in [2.24, 2.45) is 5.73 Å². The molecule has 1 heterocycles. The summed E-state index contributed by atoms with van der Waals surface area (Å²) >= 11 is 0. The van der Waals surface area contributed by atoms with E-state index in [2.05, 4.69) is 14.9 Å². The van der Waals surface area contributed by atoms with Gasteiger partial charge in [0, 0.05) is 13.0 Å². The van der Waals surface area contributed by atoms with E-state index in [1.165, 1.54) is 18.2 Å². The smallest absolute Gasteiger partial charge is 0.243 e. The Balaban J connectivity index is 0.00000225. The van der Waals surface area contributed by atoms with E-state index in [9.17, 15) is 12.8 Å². The molecular formula is C15H20ClFN4O3S. The summed E-state index contributed by atoms with van der Waals surface area (Å²) in [5, 5.41) is 3.91. The summed E-state index contributed by atoms with van der Waals surface area (Å²) in [4.78, 5) is 3.88. The van der Waals surface area contributed by atoms with Crippen molar-refractivity contribution in [2.75, 3.05) is 6.54 Å². The van der Waals surface area contributed by atoms with E-state index in [1.807, 2.05) is 0 Å². The quantitative estimate of drug-likeness (QED) is 0.778. The lowest BCUT2D eigenvalue weighted by atomic mass is 9.99. The highest BCUT2D eigenvalue weighted by Gasteiger charge is 2.35. The largest absolute Gasteiger partial charge is 0.339 e. The molecule has 0 amide bonds. The zero-order valence-electron chi connectivity index (χ0n) is 13.4. The molecule has 1 aromatic heterocycles. The molecule has 1 aromatic carbocycles. The molecule has 3 rings (SSSR count). The van der Waals surface area contributed by atoms with Crippen LogP contribution in [0.2, 0.25) is 0 Å². The second-order valence-corrected chi connectivity index (χ2v) is 7.69. The number of hydrogen-bond acceptors (Lipinski definition) is 6. The predicted octanol–water partition coefficient (Wildman–Crippen LogP) is 1.88. The van der Waals surface area contributed by atoms with Gasteiger partial charge in [0.2, 0.25) is 15.9 Å². The lowest BCUT2D eigenvalue weighted by Gasteiger charge is -2.17. The van der Waals surface area contributed by atoms with Gasteiger partial charge in [-0.25, -0.2) is 17.5 Å². The molecule has 3 N–H and O–H groups in total. The molecule has 0 radical (unpaired) electrons. The highest BCUT2D eigenvalue weighted by Crippen LogP contribution is 2.34. The Hall–Kier alpha value is -1.55. The van der Waals surface area contributed by atoms with Gasteiger partial charge < -0.3 is 10.3 Å². The molecule has 0 atom stereocenters. The number of nitrogens with one attached hydrogen (secondary N) is 1. The first kappa shape index (κ1) is 19.8. The normalized spacial score (nSPS) is 16.6. The predicted molar refractivity (Wildman–Crippen MR) is 91.2 cm³/mol. The second kappa shape index (κ2) is 7.77. The van der Waals surface area contributed by atoms with Crippen molar-refractivity contribution in [3.05, 3.63) is 41.8 Å². The van der Waals surface area contributed by atoms with Crippen LogP contribution in [0.25, 0.3) is 0 Å². The molecule has 25 heavy (non-hydrogen) atoms. The summed E-state index contributed by atoms with van der Waals surface area (Å²) in [7, 11) is -3.92. The molecule has 0 spiro atoms. The maximum atomic E-state index is 13.6. The van der Waals surface area contributed by atoms with Crippen LogP contribution in [0.3, 0.4) is 0 Å². The number of rotatable bonds is 6. The molecule has 1 aliphatic rings. The van der Waals surface area contributed by atoms with E-state index < -0.39 is 21.4 Å². The lowest BCUT2D eigenvalue weighted by molar-refractivity contribution is 0.348. The first-order valence-corrected chi connectivity index (χ1v) is 9.25. The average molecular weight is 391 g/mol. The van der Waals surface area contributed by atoms with Crippen molar-refractivity contribution in [3.8, 4) is 0 Å².